The molecule has 0 heterocycles. The predicted molar refractivity (Wildman–Crippen MR) is 143 cm³/mol. The van der Waals surface area contributed by atoms with Gasteiger partial charge in [-0.2, -0.15) is 0 Å². The minimum absolute atomic E-state index is 0.0680. The van der Waals surface area contributed by atoms with Crippen LogP contribution in [0.5, 0.6) is 0 Å². The summed E-state index contributed by atoms with van der Waals surface area (Å²) in [6.07, 6.45) is 18.0. The summed E-state index contributed by atoms with van der Waals surface area (Å²) in [5.74, 6) is 2.75. The largest absolute Gasteiger partial charge is 0.459 e. The van der Waals surface area contributed by atoms with Crippen molar-refractivity contribution >= 4 is 5.97 Å². The van der Waals surface area contributed by atoms with Crippen molar-refractivity contribution in [2.45, 2.75) is 108 Å². The molecule has 0 spiro atoms. The lowest BCUT2D eigenvalue weighted by atomic mass is 9.68. The van der Waals surface area contributed by atoms with Crippen LogP contribution in [0.2, 0.25) is 0 Å². The molecule has 1 N–H and O–H groups in total. The van der Waals surface area contributed by atoms with Gasteiger partial charge in [0.15, 0.2) is 0 Å². The van der Waals surface area contributed by atoms with Gasteiger partial charge >= 0.3 is 5.97 Å². The van der Waals surface area contributed by atoms with Crippen LogP contribution in [0.3, 0.4) is 0 Å². The molecule has 36 heavy (non-hydrogen) atoms. The molecule has 0 atom stereocenters. The van der Waals surface area contributed by atoms with Gasteiger partial charge in [0.2, 0.25) is 0 Å². The first kappa shape index (κ1) is 27.1. The summed E-state index contributed by atoms with van der Waals surface area (Å²) in [7, 11) is 0. The van der Waals surface area contributed by atoms with Crippen LogP contribution < -0.4 is 0 Å². The van der Waals surface area contributed by atoms with E-state index in [0.29, 0.717) is 5.92 Å². The average Bonchev–Trinajstić information content (AvgIpc) is 2.92. The third-order valence-electron chi connectivity index (χ3n) is 9.47. The van der Waals surface area contributed by atoms with Crippen molar-refractivity contribution in [1.82, 2.24) is 0 Å². The second-order valence-corrected chi connectivity index (χ2v) is 11.7. The molecule has 0 amide bonds. The van der Waals surface area contributed by atoms with Gasteiger partial charge < -0.3 is 9.84 Å². The molecular formula is C32H45FO3. The Morgan fingerprint density at radius 3 is 2.14 bits per heavy atom. The standard InChI is InChI=1S/C32H45FO3/c1-3-4-5-23-6-8-24(9-7-23)25-10-12-26(13-11-25)28-16-19-30(31(33)20-28)27-14-17-29(18-15-27)36-32(35)22(2)21-34/h3,16,19-20,23-27,29,34H,1-2,4-15,17-18,21H2. The summed E-state index contributed by atoms with van der Waals surface area (Å²) in [6, 6.07) is 6.00. The molecule has 1 aromatic rings. The van der Waals surface area contributed by atoms with Gasteiger partial charge in [0.25, 0.3) is 0 Å². The van der Waals surface area contributed by atoms with Gasteiger partial charge in [0.05, 0.1) is 12.2 Å². The fraction of sp³-hybridized carbons (Fsp3) is 0.656. The lowest BCUT2D eigenvalue weighted by molar-refractivity contribution is -0.146. The second-order valence-electron chi connectivity index (χ2n) is 11.7. The van der Waals surface area contributed by atoms with Crippen molar-refractivity contribution in [2.75, 3.05) is 6.61 Å². The van der Waals surface area contributed by atoms with Gasteiger partial charge in [-0.15, -0.1) is 6.58 Å². The van der Waals surface area contributed by atoms with Crippen molar-refractivity contribution in [3.8, 4) is 0 Å². The third kappa shape index (κ3) is 6.88. The van der Waals surface area contributed by atoms with E-state index in [1.165, 1.54) is 63.4 Å². The van der Waals surface area contributed by atoms with Crippen molar-refractivity contribution in [2.24, 2.45) is 17.8 Å². The molecule has 0 aromatic heterocycles. The van der Waals surface area contributed by atoms with Crippen LogP contribution in [0.1, 0.15) is 113 Å². The lowest BCUT2D eigenvalue weighted by Crippen LogP contribution is -2.26. The van der Waals surface area contributed by atoms with Crippen molar-refractivity contribution < 1.29 is 19.0 Å². The molecular weight excluding hydrogens is 451 g/mol. The first-order valence-electron chi connectivity index (χ1n) is 14.4. The minimum Gasteiger partial charge on any atom is -0.459 e. The van der Waals surface area contributed by atoms with E-state index < -0.39 is 5.97 Å². The maximum absolute atomic E-state index is 15.2. The lowest BCUT2D eigenvalue weighted by Gasteiger charge is -2.38. The summed E-state index contributed by atoms with van der Waals surface area (Å²) in [5, 5.41) is 9.03. The molecule has 4 heteroatoms. The molecule has 0 aliphatic heterocycles. The van der Waals surface area contributed by atoms with Crippen LogP contribution in [0.25, 0.3) is 0 Å². The molecule has 3 nitrogen and oxygen atoms in total. The number of hydrogen-bond donors (Lipinski definition) is 1. The van der Waals surface area contributed by atoms with Crippen LogP contribution in [0, 0.1) is 23.6 Å². The number of carbonyl (C=O) groups excluding carboxylic acids is 1. The number of aliphatic hydroxyl groups is 1. The summed E-state index contributed by atoms with van der Waals surface area (Å²) in [5.41, 5.74) is 2.07. The van der Waals surface area contributed by atoms with Gasteiger partial charge in [0.1, 0.15) is 11.9 Å². The molecule has 4 rings (SSSR count). The summed E-state index contributed by atoms with van der Waals surface area (Å²) < 4.78 is 20.6. The number of carbonyl (C=O) groups is 1. The first-order valence-corrected chi connectivity index (χ1v) is 14.4. The summed E-state index contributed by atoms with van der Waals surface area (Å²) in [4.78, 5) is 11.8. The average molecular weight is 497 g/mol. The van der Waals surface area contributed by atoms with E-state index in [1.54, 1.807) is 0 Å². The molecule has 0 saturated heterocycles. The maximum atomic E-state index is 15.2. The first-order chi connectivity index (χ1) is 17.5. The Hall–Kier alpha value is -1.94. The van der Waals surface area contributed by atoms with E-state index in [4.69, 9.17) is 9.84 Å². The van der Waals surface area contributed by atoms with E-state index in [1.807, 2.05) is 12.1 Å². The van der Waals surface area contributed by atoms with Crippen molar-refractivity contribution in [3.63, 3.8) is 0 Å². The molecule has 1 aromatic carbocycles. The molecule has 198 valence electrons. The minimum atomic E-state index is -0.526. The SMILES string of the molecule is C=CCCC1CCC(C2CCC(c3ccc(C4CCC(OC(=O)C(=C)CO)CC4)c(F)c3)CC2)CC1. The number of halogens is 1. The quantitative estimate of drug-likeness (QED) is 0.214. The zero-order chi connectivity index (χ0) is 25.5. The van der Waals surface area contributed by atoms with Gasteiger partial charge in [0, 0.05) is 0 Å². The number of ether oxygens (including phenoxy) is 1. The number of hydrogen-bond acceptors (Lipinski definition) is 3. The van der Waals surface area contributed by atoms with E-state index >= 15 is 4.39 Å². The molecule has 3 aliphatic rings. The Bertz CT molecular complexity index is 885. The molecule has 0 radical (unpaired) electrons. The maximum Gasteiger partial charge on any atom is 0.336 e. The van der Waals surface area contributed by atoms with Gasteiger partial charge in [-0.25, -0.2) is 9.18 Å². The topological polar surface area (TPSA) is 46.5 Å². The van der Waals surface area contributed by atoms with Crippen LogP contribution >= 0.6 is 0 Å². The Balaban J connectivity index is 1.23. The Morgan fingerprint density at radius 2 is 1.56 bits per heavy atom. The number of rotatable bonds is 9. The smallest absolute Gasteiger partial charge is 0.336 e. The van der Waals surface area contributed by atoms with Crippen LogP contribution in [0.15, 0.2) is 43.0 Å². The Labute approximate surface area is 217 Å². The Kier molecular flexibility index (Phi) is 9.81. The van der Waals surface area contributed by atoms with Gasteiger partial charge in [-0.3, -0.25) is 0 Å². The summed E-state index contributed by atoms with van der Waals surface area (Å²) >= 11 is 0. The van der Waals surface area contributed by atoms with Crippen LogP contribution in [-0.4, -0.2) is 23.8 Å². The number of allylic oxidation sites excluding steroid dienone is 1. The second kappa shape index (κ2) is 13.0. The zero-order valence-electron chi connectivity index (χ0n) is 21.9. The zero-order valence-corrected chi connectivity index (χ0v) is 21.9. The van der Waals surface area contributed by atoms with Crippen LogP contribution in [0.4, 0.5) is 4.39 Å². The van der Waals surface area contributed by atoms with E-state index in [0.717, 1.165) is 55.4 Å². The highest BCUT2D eigenvalue weighted by Gasteiger charge is 2.32. The van der Waals surface area contributed by atoms with Crippen LogP contribution in [-0.2, 0) is 9.53 Å². The number of esters is 1. The van der Waals surface area contributed by atoms with Crippen molar-refractivity contribution in [3.05, 3.63) is 60.0 Å². The van der Waals surface area contributed by atoms with E-state index in [9.17, 15) is 4.79 Å². The normalized spacial score (nSPS) is 30.9. The van der Waals surface area contributed by atoms with Crippen molar-refractivity contribution in [1.29, 1.82) is 0 Å². The van der Waals surface area contributed by atoms with Gasteiger partial charge in [-0.1, -0.05) is 37.6 Å². The molecule has 3 saturated carbocycles. The highest BCUT2D eigenvalue weighted by Crippen LogP contribution is 2.45. The monoisotopic (exact) mass is 496 g/mol. The highest BCUT2D eigenvalue weighted by atomic mass is 19.1. The summed E-state index contributed by atoms with van der Waals surface area (Å²) in [6.45, 7) is 7.01. The number of aliphatic hydroxyl groups excluding tert-OH is 1. The fourth-order valence-corrected chi connectivity index (χ4v) is 7.15. The van der Waals surface area contributed by atoms with E-state index in [2.05, 4.69) is 25.3 Å². The highest BCUT2D eigenvalue weighted by molar-refractivity contribution is 5.88. The third-order valence-corrected chi connectivity index (χ3v) is 9.47. The molecule has 0 bridgehead atoms. The molecule has 3 fully saturated rings. The van der Waals surface area contributed by atoms with Gasteiger partial charge in [-0.05, 0) is 124 Å². The molecule has 3 aliphatic carbocycles. The number of benzene rings is 1. The predicted octanol–water partition coefficient (Wildman–Crippen LogP) is 7.99. The fourth-order valence-electron chi connectivity index (χ4n) is 7.15. The molecule has 0 unspecified atom stereocenters. The van der Waals surface area contributed by atoms with E-state index in [-0.39, 0.29) is 30.0 Å². The Morgan fingerprint density at radius 1 is 0.944 bits per heavy atom.